The maximum absolute atomic E-state index is 6.09. The van der Waals surface area contributed by atoms with E-state index in [-0.39, 0.29) is 6.04 Å². The summed E-state index contributed by atoms with van der Waals surface area (Å²) in [5.41, 5.74) is 6.09. The molecule has 0 spiro atoms. The Kier molecular flexibility index (Phi) is 4.48. The average molecular weight is 273 g/mol. The Balaban J connectivity index is 2.09. The molecule has 2 rings (SSSR count). The maximum Gasteiger partial charge on any atom is 0.190 e. The minimum atomic E-state index is 0.204. The number of hydrogen-bond donors (Lipinski definition) is 2. The fraction of sp³-hybridized carbons (Fsp3) is 0.636. The first-order valence-electron chi connectivity index (χ1n) is 5.79. The van der Waals surface area contributed by atoms with Crippen LogP contribution in [0.5, 0.6) is 0 Å². The molecule has 1 aliphatic carbocycles. The SMILES string of the molecule is CSc1nc(Cl)cc(N[C@@H]2CCCC[C@H]2N)n1. The van der Waals surface area contributed by atoms with Gasteiger partial charge in [0.05, 0.1) is 0 Å². The second kappa shape index (κ2) is 5.89. The third-order valence-corrected chi connectivity index (χ3v) is 3.75. The standard InChI is InChI=1S/C11H17ClN4S/c1-17-11-15-9(12)6-10(16-11)14-8-5-3-2-4-7(8)13/h6-8H,2-5,13H2,1H3,(H,14,15,16)/t7-,8-/m1/s1. The summed E-state index contributed by atoms with van der Waals surface area (Å²) >= 11 is 7.43. The molecule has 0 bridgehead atoms. The molecule has 0 amide bonds. The Labute approximate surface area is 111 Å². The van der Waals surface area contributed by atoms with E-state index in [9.17, 15) is 0 Å². The highest BCUT2D eigenvalue weighted by atomic mass is 35.5. The first kappa shape index (κ1) is 12.9. The third-order valence-electron chi connectivity index (χ3n) is 3.01. The van der Waals surface area contributed by atoms with Crippen LogP contribution >= 0.6 is 23.4 Å². The summed E-state index contributed by atoms with van der Waals surface area (Å²) in [5.74, 6) is 0.775. The molecule has 2 atom stereocenters. The lowest BCUT2D eigenvalue weighted by molar-refractivity contribution is 0.403. The van der Waals surface area contributed by atoms with Crippen LogP contribution in [-0.2, 0) is 0 Å². The predicted molar refractivity (Wildman–Crippen MR) is 72.7 cm³/mol. The van der Waals surface area contributed by atoms with Gasteiger partial charge < -0.3 is 11.1 Å². The van der Waals surface area contributed by atoms with E-state index < -0.39 is 0 Å². The number of nitrogens with one attached hydrogen (secondary N) is 1. The summed E-state index contributed by atoms with van der Waals surface area (Å²) < 4.78 is 0. The molecule has 1 aliphatic rings. The highest BCUT2D eigenvalue weighted by Crippen LogP contribution is 2.22. The van der Waals surface area contributed by atoms with E-state index in [0.717, 1.165) is 18.7 Å². The first-order valence-corrected chi connectivity index (χ1v) is 7.40. The molecule has 1 heterocycles. The first-order chi connectivity index (χ1) is 8.19. The topological polar surface area (TPSA) is 63.8 Å². The molecule has 17 heavy (non-hydrogen) atoms. The van der Waals surface area contributed by atoms with Crippen LogP contribution in [0.3, 0.4) is 0 Å². The second-order valence-electron chi connectivity index (χ2n) is 4.26. The minimum Gasteiger partial charge on any atom is -0.366 e. The zero-order valence-electron chi connectivity index (χ0n) is 9.82. The van der Waals surface area contributed by atoms with Crippen molar-refractivity contribution >= 4 is 29.2 Å². The van der Waals surface area contributed by atoms with Crippen molar-refractivity contribution in [3.8, 4) is 0 Å². The number of aromatic nitrogens is 2. The predicted octanol–water partition coefficient (Wildman–Crippen LogP) is 2.53. The van der Waals surface area contributed by atoms with Crippen LogP contribution in [0.1, 0.15) is 25.7 Å². The van der Waals surface area contributed by atoms with Crippen LogP contribution < -0.4 is 11.1 Å². The molecule has 1 fully saturated rings. The fourth-order valence-electron chi connectivity index (χ4n) is 2.09. The summed E-state index contributed by atoms with van der Waals surface area (Å²) in [7, 11) is 0. The summed E-state index contributed by atoms with van der Waals surface area (Å²) in [4.78, 5) is 8.49. The van der Waals surface area contributed by atoms with Gasteiger partial charge in [-0.15, -0.1) is 0 Å². The zero-order valence-corrected chi connectivity index (χ0v) is 11.4. The van der Waals surface area contributed by atoms with Crippen molar-refractivity contribution in [2.45, 2.75) is 42.9 Å². The number of anilines is 1. The Bertz CT molecular complexity index is 388. The molecule has 1 aromatic rings. The van der Waals surface area contributed by atoms with E-state index in [2.05, 4.69) is 15.3 Å². The Hall–Kier alpha value is -0.520. The minimum absolute atomic E-state index is 0.204. The smallest absolute Gasteiger partial charge is 0.190 e. The van der Waals surface area contributed by atoms with Crippen LogP contribution in [-0.4, -0.2) is 28.3 Å². The molecule has 0 radical (unpaired) electrons. The monoisotopic (exact) mass is 272 g/mol. The van der Waals surface area contributed by atoms with E-state index >= 15 is 0 Å². The molecule has 0 aromatic carbocycles. The van der Waals surface area contributed by atoms with E-state index in [4.69, 9.17) is 17.3 Å². The maximum atomic E-state index is 6.09. The van der Waals surface area contributed by atoms with Gasteiger partial charge in [-0.25, -0.2) is 9.97 Å². The van der Waals surface area contributed by atoms with Crippen LogP contribution in [0, 0.1) is 0 Å². The molecule has 1 saturated carbocycles. The summed E-state index contributed by atoms with van der Waals surface area (Å²) in [6.07, 6.45) is 6.55. The van der Waals surface area contributed by atoms with Gasteiger partial charge in [0.2, 0.25) is 0 Å². The Morgan fingerprint density at radius 3 is 2.88 bits per heavy atom. The number of thioether (sulfide) groups is 1. The van der Waals surface area contributed by atoms with Crippen LogP contribution in [0.25, 0.3) is 0 Å². The molecular weight excluding hydrogens is 256 g/mol. The van der Waals surface area contributed by atoms with Gasteiger partial charge in [-0.05, 0) is 19.1 Å². The van der Waals surface area contributed by atoms with Gasteiger partial charge in [0.1, 0.15) is 11.0 Å². The van der Waals surface area contributed by atoms with Gasteiger partial charge in [0, 0.05) is 18.2 Å². The number of halogens is 1. The zero-order chi connectivity index (χ0) is 12.3. The molecule has 0 aliphatic heterocycles. The molecule has 0 unspecified atom stereocenters. The van der Waals surface area contributed by atoms with E-state index in [0.29, 0.717) is 16.4 Å². The number of nitrogens with two attached hydrogens (primary N) is 1. The summed E-state index contributed by atoms with van der Waals surface area (Å²) in [5, 5.41) is 4.53. The molecular formula is C11H17ClN4S. The number of hydrogen-bond acceptors (Lipinski definition) is 5. The summed E-state index contributed by atoms with van der Waals surface area (Å²) in [6, 6.07) is 2.25. The highest BCUT2D eigenvalue weighted by Gasteiger charge is 2.22. The van der Waals surface area contributed by atoms with Crippen LogP contribution in [0.15, 0.2) is 11.2 Å². The van der Waals surface area contributed by atoms with Crippen molar-refractivity contribution in [1.82, 2.24) is 9.97 Å². The Morgan fingerprint density at radius 2 is 2.18 bits per heavy atom. The van der Waals surface area contributed by atoms with Crippen LogP contribution in [0.2, 0.25) is 5.15 Å². The van der Waals surface area contributed by atoms with Crippen molar-refractivity contribution in [2.75, 3.05) is 11.6 Å². The van der Waals surface area contributed by atoms with Crippen molar-refractivity contribution in [2.24, 2.45) is 5.73 Å². The Morgan fingerprint density at radius 1 is 1.41 bits per heavy atom. The van der Waals surface area contributed by atoms with Gasteiger partial charge in [-0.2, -0.15) is 0 Å². The summed E-state index contributed by atoms with van der Waals surface area (Å²) in [6.45, 7) is 0. The van der Waals surface area contributed by atoms with Crippen molar-refractivity contribution in [3.63, 3.8) is 0 Å². The molecule has 4 nitrogen and oxygen atoms in total. The van der Waals surface area contributed by atoms with Crippen molar-refractivity contribution < 1.29 is 0 Å². The fourth-order valence-corrected chi connectivity index (χ4v) is 2.70. The molecule has 1 aromatic heterocycles. The number of nitrogens with zero attached hydrogens (tertiary/aromatic N) is 2. The lowest BCUT2D eigenvalue weighted by atomic mass is 9.91. The highest BCUT2D eigenvalue weighted by molar-refractivity contribution is 7.98. The third kappa shape index (κ3) is 3.47. The quantitative estimate of drug-likeness (QED) is 0.503. The van der Waals surface area contributed by atoms with Crippen molar-refractivity contribution in [1.29, 1.82) is 0 Å². The number of rotatable bonds is 3. The van der Waals surface area contributed by atoms with Gasteiger partial charge >= 0.3 is 0 Å². The molecule has 3 N–H and O–H groups in total. The van der Waals surface area contributed by atoms with E-state index in [1.165, 1.54) is 24.6 Å². The van der Waals surface area contributed by atoms with Crippen molar-refractivity contribution in [3.05, 3.63) is 11.2 Å². The van der Waals surface area contributed by atoms with Crippen LogP contribution in [0.4, 0.5) is 5.82 Å². The normalized spacial score (nSPS) is 24.6. The molecule has 94 valence electrons. The van der Waals surface area contributed by atoms with Gasteiger partial charge in [-0.1, -0.05) is 36.2 Å². The lowest BCUT2D eigenvalue weighted by Gasteiger charge is -2.29. The van der Waals surface area contributed by atoms with E-state index in [1.807, 2.05) is 6.26 Å². The molecule has 6 heteroatoms. The van der Waals surface area contributed by atoms with Gasteiger partial charge in [0.25, 0.3) is 0 Å². The van der Waals surface area contributed by atoms with Gasteiger partial charge in [-0.3, -0.25) is 0 Å². The largest absolute Gasteiger partial charge is 0.366 e. The van der Waals surface area contributed by atoms with E-state index in [1.54, 1.807) is 6.07 Å². The average Bonchev–Trinajstić information content (AvgIpc) is 2.31. The second-order valence-corrected chi connectivity index (χ2v) is 5.42. The molecule has 0 saturated heterocycles. The lowest BCUT2D eigenvalue weighted by Crippen LogP contribution is -2.42. The van der Waals surface area contributed by atoms with Gasteiger partial charge in [0.15, 0.2) is 5.16 Å².